The fourth-order valence-corrected chi connectivity index (χ4v) is 4.32. The van der Waals surface area contributed by atoms with Crippen LogP contribution in [0, 0.1) is 5.92 Å². The average Bonchev–Trinajstić information content (AvgIpc) is 3.24. The highest BCUT2D eigenvalue weighted by Crippen LogP contribution is 2.37. The lowest BCUT2D eigenvalue weighted by Gasteiger charge is -2.12. The molecule has 0 aliphatic heterocycles. The van der Waals surface area contributed by atoms with Crippen LogP contribution < -0.4 is 10.1 Å². The van der Waals surface area contributed by atoms with Crippen molar-refractivity contribution >= 4 is 56.0 Å². The van der Waals surface area contributed by atoms with E-state index in [2.05, 4.69) is 40.9 Å². The fraction of sp³-hybridized carbons (Fsp3) is 0.250. The number of ether oxygens (including phenoxy) is 1. The topological polar surface area (TPSA) is 94.8 Å². The molecule has 31 heavy (non-hydrogen) atoms. The number of aromatic nitrogens is 5. The third kappa shape index (κ3) is 4.41. The van der Waals surface area contributed by atoms with Crippen molar-refractivity contribution in [1.82, 2.24) is 29.7 Å². The van der Waals surface area contributed by atoms with E-state index in [4.69, 9.17) is 16.3 Å². The van der Waals surface area contributed by atoms with E-state index in [0.717, 1.165) is 29.1 Å². The van der Waals surface area contributed by atoms with Gasteiger partial charge in [-0.25, -0.2) is 14.0 Å². The normalized spacial score (nSPS) is 13.5. The first kappa shape index (κ1) is 20.3. The minimum absolute atomic E-state index is 0.205. The van der Waals surface area contributed by atoms with Crippen LogP contribution in [0.2, 0.25) is 5.02 Å². The lowest BCUT2D eigenvalue weighted by Crippen LogP contribution is -2.22. The zero-order valence-corrected chi connectivity index (χ0v) is 19.2. The van der Waals surface area contributed by atoms with Gasteiger partial charge >= 0.3 is 0 Å². The van der Waals surface area contributed by atoms with Crippen LogP contribution in [-0.4, -0.2) is 30.3 Å². The molecule has 11 heteroatoms. The monoisotopic (exact) mass is 518 g/mol. The highest BCUT2D eigenvalue weighted by Gasteiger charge is 2.24. The van der Waals surface area contributed by atoms with Gasteiger partial charge in [0.2, 0.25) is 5.88 Å². The molecule has 1 aliphatic rings. The molecule has 3 aromatic heterocycles. The maximum Gasteiger partial charge on any atom is 0.263 e. The first-order valence-corrected chi connectivity index (χ1v) is 11.6. The summed E-state index contributed by atoms with van der Waals surface area (Å²) >= 11 is 10.8. The number of hydrogen-bond donors (Lipinski definition) is 1. The minimum Gasteiger partial charge on any atom is -0.437 e. The van der Waals surface area contributed by atoms with Crippen molar-refractivity contribution in [3.63, 3.8) is 0 Å². The number of halogens is 2. The lowest BCUT2D eigenvalue weighted by molar-refractivity contribution is 0.0955. The Labute approximate surface area is 194 Å². The lowest BCUT2D eigenvalue weighted by atomic mass is 10.2. The number of fused-ring (bicyclic) bond motifs is 1. The van der Waals surface area contributed by atoms with Crippen LogP contribution in [0.25, 0.3) is 11.0 Å². The van der Waals surface area contributed by atoms with Gasteiger partial charge in [0.25, 0.3) is 5.91 Å². The molecule has 0 saturated heterocycles. The summed E-state index contributed by atoms with van der Waals surface area (Å²) in [6, 6.07) is 7.18. The van der Waals surface area contributed by atoms with Gasteiger partial charge < -0.3 is 10.1 Å². The number of nitrogens with zero attached hydrogens (tertiary/aromatic N) is 5. The predicted octanol–water partition coefficient (Wildman–Crippen LogP) is 4.83. The van der Waals surface area contributed by atoms with Crippen molar-refractivity contribution in [2.24, 2.45) is 5.92 Å². The summed E-state index contributed by atoms with van der Waals surface area (Å²) in [5, 5.41) is 11.9. The number of pyridine rings is 1. The molecule has 1 aromatic carbocycles. The maximum atomic E-state index is 12.3. The summed E-state index contributed by atoms with van der Waals surface area (Å²) in [5.74, 6) is 1.37. The molecule has 3 heterocycles. The van der Waals surface area contributed by atoms with Crippen LogP contribution in [0.5, 0.6) is 11.6 Å². The summed E-state index contributed by atoms with van der Waals surface area (Å²) in [5.41, 5.74) is 2.33. The summed E-state index contributed by atoms with van der Waals surface area (Å²) in [4.78, 5) is 17.1. The molecule has 1 N–H and O–H groups in total. The van der Waals surface area contributed by atoms with Crippen molar-refractivity contribution in [3.05, 3.63) is 56.6 Å². The molecule has 158 valence electrons. The zero-order chi connectivity index (χ0) is 21.4. The van der Waals surface area contributed by atoms with E-state index in [1.165, 1.54) is 19.0 Å². The van der Waals surface area contributed by atoms with Crippen LogP contribution in [0.3, 0.4) is 0 Å². The van der Waals surface area contributed by atoms with Gasteiger partial charge in [-0.1, -0.05) is 16.8 Å². The quantitative estimate of drug-likeness (QED) is 0.376. The van der Waals surface area contributed by atoms with Crippen molar-refractivity contribution in [3.8, 4) is 11.6 Å². The summed E-state index contributed by atoms with van der Waals surface area (Å²) in [6.07, 6.45) is 5.58. The van der Waals surface area contributed by atoms with Crippen LogP contribution in [0.1, 0.15) is 28.1 Å². The van der Waals surface area contributed by atoms with Crippen molar-refractivity contribution < 1.29 is 9.53 Å². The smallest absolute Gasteiger partial charge is 0.263 e. The van der Waals surface area contributed by atoms with E-state index in [1.807, 2.05) is 16.8 Å². The number of hydrogen-bond acceptors (Lipinski definition) is 7. The van der Waals surface area contributed by atoms with Gasteiger partial charge in [0.15, 0.2) is 0 Å². The first-order chi connectivity index (χ1) is 15.1. The van der Waals surface area contributed by atoms with Crippen molar-refractivity contribution in [1.29, 1.82) is 0 Å². The Balaban J connectivity index is 1.38. The van der Waals surface area contributed by atoms with Crippen LogP contribution in [-0.2, 0) is 13.1 Å². The fourth-order valence-electron chi connectivity index (χ4n) is 3.13. The van der Waals surface area contributed by atoms with Gasteiger partial charge in [0.1, 0.15) is 16.1 Å². The molecule has 1 aliphatic carbocycles. The van der Waals surface area contributed by atoms with Crippen molar-refractivity contribution in [2.45, 2.75) is 25.9 Å². The Morgan fingerprint density at radius 1 is 1.35 bits per heavy atom. The summed E-state index contributed by atoms with van der Waals surface area (Å²) in [7, 11) is 0. The van der Waals surface area contributed by atoms with Crippen LogP contribution in [0.15, 0.2) is 41.1 Å². The zero-order valence-electron chi connectivity index (χ0n) is 16.1. The van der Waals surface area contributed by atoms with E-state index in [9.17, 15) is 4.79 Å². The highest BCUT2D eigenvalue weighted by atomic mass is 79.9. The first-order valence-electron chi connectivity index (χ1n) is 9.61. The minimum atomic E-state index is -0.219. The number of nitrogens with one attached hydrogen (secondary N) is 1. The van der Waals surface area contributed by atoms with E-state index in [-0.39, 0.29) is 12.5 Å². The number of rotatable bonds is 7. The number of amides is 1. The molecule has 0 atom stereocenters. The van der Waals surface area contributed by atoms with Gasteiger partial charge in [-0.2, -0.15) is 0 Å². The molecule has 1 saturated carbocycles. The SMILES string of the molecule is O=C(NCc1cc(Cl)cnc1Oc1ccc2c(nnn2CC2CC2)c1Br)c1ccns1. The molecule has 4 aromatic rings. The maximum absolute atomic E-state index is 12.3. The average molecular weight is 520 g/mol. The number of carbonyl (C=O) groups is 1. The largest absolute Gasteiger partial charge is 0.437 e. The Morgan fingerprint density at radius 3 is 3.00 bits per heavy atom. The number of carbonyl (C=O) groups excluding carboxylic acids is 1. The molecule has 8 nitrogen and oxygen atoms in total. The molecular formula is C20H16BrClN6O2S. The molecule has 0 unspecified atom stereocenters. The van der Waals surface area contributed by atoms with Gasteiger partial charge in [-0.05, 0) is 70.5 Å². The van der Waals surface area contributed by atoms with Gasteiger partial charge in [-0.15, -0.1) is 5.10 Å². The van der Waals surface area contributed by atoms with Gasteiger partial charge in [0.05, 0.1) is 15.0 Å². The second-order valence-electron chi connectivity index (χ2n) is 7.24. The highest BCUT2D eigenvalue weighted by molar-refractivity contribution is 9.10. The summed E-state index contributed by atoms with van der Waals surface area (Å²) in [6.45, 7) is 1.09. The van der Waals surface area contributed by atoms with Crippen LogP contribution in [0.4, 0.5) is 0 Å². The van der Waals surface area contributed by atoms with Crippen molar-refractivity contribution in [2.75, 3.05) is 0 Å². The van der Waals surface area contributed by atoms with Gasteiger partial charge in [0, 0.05) is 31.0 Å². The predicted molar refractivity (Wildman–Crippen MR) is 121 cm³/mol. The van der Waals surface area contributed by atoms with E-state index >= 15 is 0 Å². The Morgan fingerprint density at radius 2 is 2.23 bits per heavy atom. The molecular weight excluding hydrogens is 504 g/mol. The Bertz CT molecular complexity index is 1260. The van der Waals surface area contributed by atoms with E-state index in [0.29, 0.717) is 37.5 Å². The molecule has 1 fully saturated rings. The van der Waals surface area contributed by atoms with Crippen LogP contribution >= 0.6 is 39.1 Å². The third-order valence-corrected chi connectivity index (χ3v) is 6.64. The number of benzene rings is 1. The molecule has 0 radical (unpaired) electrons. The van der Waals surface area contributed by atoms with Gasteiger partial charge in [-0.3, -0.25) is 4.79 Å². The second kappa shape index (κ2) is 8.52. The molecule has 1 amide bonds. The van der Waals surface area contributed by atoms with E-state index in [1.54, 1.807) is 18.3 Å². The third-order valence-electron chi connectivity index (χ3n) is 4.92. The molecule has 0 spiro atoms. The Kier molecular flexibility index (Phi) is 5.59. The molecule has 5 rings (SSSR count). The second-order valence-corrected chi connectivity index (χ2v) is 9.30. The molecule has 0 bridgehead atoms. The Hall–Kier alpha value is -2.56. The summed E-state index contributed by atoms with van der Waals surface area (Å²) < 4.78 is 12.7. The van der Waals surface area contributed by atoms with E-state index < -0.39 is 0 Å². The standard InChI is InChI=1S/C20H16BrClN6O2S/c21-17-15(4-3-14-18(17)26-27-28(14)10-11-1-2-11)30-20-12(7-13(22)9-24-20)8-23-19(29)16-5-6-25-31-16/h3-7,9,11H,1-2,8,10H2,(H,23,29).